The molecule has 0 aliphatic carbocycles. The van der Waals surface area contributed by atoms with Crippen LogP contribution >= 0.6 is 0 Å². The molecule has 0 saturated carbocycles. The van der Waals surface area contributed by atoms with Crippen LogP contribution in [0.3, 0.4) is 0 Å². The molecule has 2 aliphatic heterocycles. The van der Waals surface area contributed by atoms with Gasteiger partial charge in [-0.25, -0.2) is 0 Å². The molecule has 0 amide bonds. The Morgan fingerprint density at radius 3 is 2.33 bits per heavy atom. The van der Waals surface area contributed by atoms with E-state index in [0.29, 0.717) is 18.2 Å². The average Bonchev–Trinajstić information content (AvgIpc) is 2.33. The van der Waals surface area contributed by atoms with Gasteiger partial charge in [-0.3, -0.25) is 4.90 Å². The molecular formula is C12H23NO2. The van der Waals surface area contributed by atoms with Crippen molar-refractivity contribution in [2.24, 2.45) is 0 Å². The van der Waals surface area contributed by atoms with Crippen molar-refractivity contribution in [3.8, 4) is 0 Å². The number of nitrogens with zero attached hydrogens (tertiary/aromatic N) is 1. The molecule has 0 aromatic heterocycles. The first kappa shape index (κ1) is 11.4. The van der Waals surface area contributed by atoms with E-state index in [1.165, 1.54) is 0 Å². The Morgan fingerprint density at radius 2 is 1.93 bits per heavy atom. The third kappa shape index (κ3) is 2.35. The zero-order valence-corrected chi connectivity index (χ0v) is 10.3. The first-order valence-corrected chi connectivity index (χ1v) is 5.99. The summed E-state index contributed by atoms with van der Waals surface area (Å²) < 4.78 is 11.1. The molecule has 2 rings (SSSR count). The summed E-state index contributed by atoms with van der Waals surface area (Å²) in [5.41, 5.74) is 0.281. The number of hydrogen-bond donors (Lipinski definition) is 0. The highest BCUT2D eigenvalue weighted by Gasteiger charge is 2.41. The standard InChI is InChI=1S/C12H23NO2/c1-9(2)13-6-10(5-12(13,3)4)15-11-7-14-8-11/h9-11H,5-8H2,1-4H3. The Kier molecular flexibility index (Phi) is 3.06. The van der Waals surface area contributed by atoms with Crippen molar-refractivity contribution in [3.63, 3.8) is 0 Å². The van der Waals surface area contributed by atoms with Gasteiger partial charge in [0.25, 0.3) is 0 Å². The molecule has 3 heteroatoms. The van der Waals surface area contributed by atoms with Crippen LogP contribution in [0.2, 0.25) is 0 Å². The van der Waals surface area contributed by atoms with Crippen LogP contribution in [0.1, 0.15) is 34.1 Å². The summed E-state index contributed by atoms with van der Waals surface area (Å²) in [5.74, 6) is 0. The summed E-state index contributed by atoms with van der Waals surface area (Å²) in [6, 6.07) is 0.603. The summed E-state index contributed by atoms with van der Waals surface area (Å²) >= 11 is 0. The second kappa shape index (κ2) is 4.04. The van der Waals surface area contributed by atoms with E-state index in [0.717, 1.165) is 26.2 Å². The summed E-state index contributed by atoms with van der Waals surface area (Å²) in [5, 5.41) is 0. The van der Waals surface area contributed by atoms with Gasteiger partial charge in [-0.15, -0.1) is 0 Å². The van der Waals surface area contributed by atoms with Gasteiger partial charge in [-0.1, -0.05) is 0 Å². The van der Waals surface area contributed by atoms with E-state index in [9.17, 15) is 0 Å². The van der Waals surface area contributed by atoms with Crippen LogP contribution in [-0.4, -0.2) is 48.4 Å². The van der Waals surface area contributed by atoms with E-state index < -0.39 is 0 Å². The molecule has 3 nitrogen and oxygen atoms in total. The van der Waals surface area contributed by atoms with Gasteiger partial charge in [-0.05, 0) is 34.1 Å². The normalized spacial score (nSPS) is 32.2. The lowest BCUT2D eigenvalue weighted by molar-refractivity contribution is -0.151. The fourth-order valence-electron chi connectivity index (χ4n) is 2.77. The van der Waals surface area contributed by atoms with Crippen LogP contribution < -0.4 is 0 Å². The minimum Gasteiger partial charge on any atom is -0.376 e. The van der Waals surface area contributed by atoms with Gasteiger partial charge in [-0.2, -0.15) is 0 Å². The van der Waals surface area contributed by atoms with Gasteiger partial charge in [0.15, 0.2) is 0 Å². The fraction of sp³-hybridized carbons (Fsp3) is 1.00. The maximum Gasteiger partial charge on any atom is 0.105 e. The highest BCUT2D eigenvalue weighted by Crippen LogP contribution is 2.33. The fourth-order valence-corrected chi connectivity index (χ4v) is 2.77. The third-order valence-electron chi connectivity index (χ3n) is 3.52. The monoisotopic (exact) mass is 213 g/mol. The van der Waals surface area contributed by atoms with Crippen LogP contribution in [0.4, 0.5) is 0 Å². The van der Waals surface area contributed by atoms with Crippen LogP contribution in [0, 0.1) is 0 Å². The van der Waals surface area contributed by atoms with E-state index in [4.69, 9.17) is 9.47 Å². The lowest BCUT2D eigenvalue weighted by Gasteiger charge is -2.34. The number of rotatable bonds is 3. The minimum atomic E-state index is 0.281. The number of likely N-dealkylation sites (tertiary alicyclic amines) is 1. The summed E-state index contributed by atoms with van der Waals surface area (Å²) in [6.07, 6.45) is 1.90. The van der Waals surface area contributed by atoms with Gasteiger partial charge >= 0.3 is 0 Å². The SMILES string of the molecule is CC(C)N1CC(OC2COC2)CC1(C)C. The van der Waals surface area contributed by atoms with Gasteiger partial charge in [0.05, 0.1) is 19.3 Å². The first-order valence-electron chi connectivity index (χ1n) is 5.99. The van der Waals surface area contributed by atoms with Crippen molar-refractivity contribution in [1.82, 2.24) is 4.90 Å². The Balaban J connectivity index is 1.89. The topological polar surface area (TPSA) is 21.7 Å². The molecule has 1 atom stereocenters. The van der Waals surface area contributed by atoms with Crippen LogP contribution in [0.25, 0.3) is 0 Å². The quantitative estimate of drug-likeness (QED) is 0.711. The zero-order chi connectivity index (χ0) is 11.1. The molecule has 0 spiro atoms. The van der Waals surface area contributed by atoms with E-state index in [-0.39, 0.29) is 5.54 Å². The highest BCUT2D eigenvalue weighted by molar-refractivity contribution is 4.95. The van der Waals surface area contributed by atoms with E-state index in [1.54, 1.807) is 0 Å². The molecule has 0 aromatic rings. The predicted octanol–water partition coefficient (Wildman–Crippen LogP) is 1.66. The second-order valence-electron chi connectivity index (χ2n) is 5.68. The van der Waals surface area contributed by atoms with Crippen LogP contribution in [0.15, 0.2) is 0 Å². The van der Waals surface area contributed by atoms with Crippen molar-refractivity contribution in [2.45, 2.75) is 57.9 Å². The molecule has 2 aliphatic rings. The van der Waals surface area contributed by atoms with Gasteiger partial charge in [0, 0.05) is 18.1 Å². The molecular weight excluding hydrogens is 190 g/mol. The highest BCUT2D eigenvalue weighted by atomic mass is 16.6. The largest absolute Gasteiger partial charge is 0.376 e. The lowest BCUT2D eigenvalue weighted by Crippen LogP contribution is -2.43. The molecule has 15 heavy (non-hydrogen) atoms. The van der Waals surface area contributed by atoms with E-state index >= 15 is 0 Å². The molecule has 2 fully saturated rings. The van der Waals surface area contributed by atoms with Crippen molar-refractivity contribution in [1.29, 1.82) is 0 Å². The van der Waals surface area contributed by atoms with Crippen molar-refractivity contribution in [3.05, 3.63) is 0 Å². The van der Waals surface area contributed by atoms with Gasteiger partial charge in [0.1, 0.15) is 6.10 Å². The van der Waals surface area contributed by atoms with Crippen molar-refractivity contribution >= 4 is 0 Å². The second-order valence-corrected chi connectivity index (χ2v) is 5.68. The summed E-state index contributed by atoms with van der Waals surface area (Å²) in [7, 11) is 0. The van der Waals surface area contributed by atoms with Crippen molar-refractivity contribution in [2.75, 3.05) is 19.8 Å². The Labute approximate surface area is 92.7 Å². The predicted molar refractivity (Wildman–Crippen MR) is 60.0 cm³/mol. The number of hydrogen-bond acceptors (Lipinski definition) is 3. The average molecular weight is 213 g/mol. The summed E-state index contributed by atoms with van der Waals surface area (Å²) in [4.78, 5) is 2.54. The van der Waals surface area contributed by atoms with Crippen molar-refractivity contribution < 1.29 is 9.47 Å². The maximum atomic E-state index is 6.00. The van der Waals surface area contributed by atoms with Gasteiger partial charge < -0.3 is 9.47 Å². The van der Waals surface area contributed by atoms with Crippen LogP contribution in [-0.2, 0) is 9.47 Å². The Morgan fingerprint density at radius 1 is 1.27 bits per heavy atom. The molecule has 0 bridgehead atoms. The number of ether oxygens (including phenoxy) is 2. The molecule has 0 N–H and O–H groups in total. The lowest BCUT2D eigenvalue weighted by atomic mass is 10.00. The van der Waals surface area contributed by atoms with E-state index in [2.05, 4.69) is 32.6 Å². The molecule has 0 radical (unpaired) electrons. The third-order valence-corrected chi connectivity index (χ3v) is 3.52. The molecule has 2 saturated heterocycles. The zero-order valence-electron chi connectivity index (χ0n) is 10.3. The Bertz CT molecular complexity index is 224. The maximum absolute atomic E-state index is 6.00. The Hall–Kier alpha value is -0.120. The molecule has 0 aromatic carbocycles. The first-order chi connectivity index (χ1) is 6.99. The van der Waals surface area contributed by atoms with E-state index in [1.807, 2.05) is 0 Å². The summed E-state index contributed by atoms with van der Waals surface area (Å²) in [6.45, 7) is 11.8. The molecule has 88 valence electrons. The van der Waals surface area contributed by atoms with Gasteiger partial charge in [0.2, 0.25) is 0 Å². The molecule has 2 heterocycles. The smallest absolute Gasteiger partial charge is 0.105 e. The van der Waals surface area contributed by atoms with Crippen LogP contribution in [0.5, 0.6) is 0 Å². The minimum absolute atomic E-state index is 0.281. The molecule has 1 unspecified atom stereocenters.